The van der Waals surface area contributed by atoms with Crippen LogP contribution in [-0.4, -0.2) is 12.6 Å². The number of carbonyl (C=O) groups is 1. The highest BCUT2D eigenvalue weighted by molar-refractivity contribution is 5.89. The maximum absolute atomic E-state index is 12.5. The highest BCUT2D eigenvalue weighted by atomic mass is 19.1. The Morgan fingerprint density at radius 1 is 1.40 bits per heavy atom. The van der Waals surface area contributed by atoms with E-state index in [9.17, 15) is 9.18 Å². The molecule has 0 aromatic heterocycles. The lowest BCUT2D eigenvalue weighted by atomic mass is 10.3. The molecule has 0 saturated carbocycles. The van der Waals surface area contributed by atoms with Gasteiger partial charge in [-0.3, -0.25) is 0 Å². The number of benzene rings is 1. The third kappa shape index (κ3) is 4.14. The smallest absolute Gasteiger partial charge is 0.319 e. The summed E-state index contributed by atoms with van der Waals surface area (Å²) in [6, 6.07) is 5.16. The number of hydrogen-bond acceptors (Lipinski definition) is 1. The van der Waals surface area contributed by atoms with Crippen molar-refractivity contribution in [1.29, 1.82) is 0 Å². The SMILES string of the molecule is C#CCCNC(=O)Nc1ccc(F)cc1. The van der Waals surface area contributed by atoms with E-state index in [0.717, 1.165) is 0 Å². The fraction of sp³-hybridized carbons (Fsp3) is 0.182. The van der Waals surface area contributed by atoms with Crippen LogP contribution in [0, 0.1) is 18.2 Å². The first-order valence-electron chi connectivity index (χ1n) is 4.46. The van der Waals surface area contributed by atoms with Crippen LogP contribution >= 0.6 is 0 Å². The van der Waals surface area contributed by atoms with E-state index in [1.54, 1.807) is 0 Å². The van der Waals surface area contributed by atoms with Crippen molar-refractivity contribution in [3.05, 3.63) is 30.1 Å². The van der Waals surface area contributed by atoms with Gasteiger partial charge >= 0.3 is 6.03 Å². The Kier molecular flexibility index (Phi) is 4.17. The van der Waals surface area contributed by atoms with Gasteiger partial charge in [0, 0.05) is 18.7 Å². The van der Waals surface area contributed by atoms with Gasteiger partial charge in [-0.05, 0) is 24.3 Å². The van der Waals surface area contributed by atoms with Gasteiger partial charge in [0.2, 0.25) is 0 Å². The number of hydrogen-bond donors (Lipinski definition) is 2. The molecule has 15 heavy (non-hydrogen) atoms. The second kappa shape index (κ2) is 5.66. The first-order valence-corrected chi connectivity index (χ1v) is 4.46. The molecule has 0 unspecified atom stereocenters. The van der Waals surface area contributed by atoms with Gasteiger partial charge in [0.1, 0.15) is 5.82 Å². The van der Waals surface area contributed by atoms with Crippen molar-refractivity contribution in [1.82, 2.24) is 5.32 Å². The van der Waals surface area contributed by atoms with E-state index in [2.05, 4.69) is 16.6 Å². The Bertz CT molecular complexity index is 367. The van der Waals surface area contributed by atoms with E-state index < -0.39 is 0 Å². The van der Waals surface area contributed by atoms with Gasteiger partial charge in [-0.15, -0.1) is 12.3 Å². The second-order valence-corrected chi connectivity index (χ2v) is 2.84. The Morgan fingerprint density at radius 2 is 2.07 bits per heavy atom. The number of carbonyl (C=O) groups excluding carboxylic acids is 1. The number of halogens is 1. The van der Waals surface area contributed by atoms with Crippen molar-refractivity contribution >= 4 is 11.7 Å². The molecule has 0 saturated heterocycles. The molecule has 0 fully saturated rings. The van der Waals surface area contributed by atoms with Crippen molar-refractivity contribution in [2.75, 3.05) is 11.9 Å². The summed E-state index contributed by atoms with van der Waals surface area (Å²) in [5, 5.41) is 5.10. The van der Waals surface area contributed by atoms with Crippen LogP contribution in [-0.2, 0) is 0 Å². The standard InChI is InChI=1S/C11H11FN2O/c1-2-3-8-13-11(15)14-10-6-4-9(12)5-7-10/h1,4-7H,3,8H2,(H2,13,14,15). The van der Waals surface area contributed by atoms with Gasteiger partial charge in [-0.25, -0.2) is 9.18 Å². The number of nitrogens with one attached hydrogen (secondary N) is 2. The predicted octanol–water partition coefficient (Wildman–Crippen LogP) is 1.97. The summed E-state index contributed by atoms with van der Waals surface area (Å²) in [5.41, 5.74) is 0.537. The summed E-state index contributed by atoms with van der Waals surface area (Å²) < 4.78 is 12.5. The second-order valence-electron chi connectivity index (χ2n) is 2.84. The minimum Gasteiger partial charge on any atom is -0.337 e. The van der Waals surface area contributed by atoms with Crippen LogP contribution in [0.5, 0.6) is 0 Å². The quantitative estimate of drug-likeness (QED) is 0.576. The van der Waals surface area contributed by atoms with Gasteiger partial charge < -0.3 is 10.6 Å². The van der Waals surface area contributed by atoms with Crippen molar-refractivity contribution in [2.45, 2.75) is 6.42 Å². The van der Waals surface area contributed by atoms with Gasteiger partial charge in [0.15, 0.2) is 0 Å². The van der Waals surface area contributed by atoms with E-state index in [0.29, 0.717) is 18.7 Å². The zero-order valence-electron chi connectivity index (χ0n) is 8.09. The normalized spacial score (nSPS) is 9.07. The largest absolute Gasteiger partial charge is 0.337 e. The van der Waals surface area contributed by atoms with Crippen molar-refractivity contribution in [3.63, 3.8) is 0 Å². The molecule has 78 valence electrons. The Hall–Kier alpha value is -2.02. The molecule has 0 radical (unpaired) electrons. The molecule has 0 aliphatic carbocycles. The lowest BCUT2D eigenvalue weighted by Crippen LogP contribution is -2.29. The molecule has 1 aromatic carbocycles. The highest BCUT2D eigenvalue weighted by Gasteiger charge is 1.99. The minimum atomic E-state index is -0.350. The maximum atomic E-state index is 12.5. The van der Waals surface area contributed by atoms with Crippen LogP contribution in [0.4, 0.5) is 14.9 Å². The van der Waals surface area contributed by atoms with E-state index in [4.69, 9.17) is 6.42 Å². The summed E-state index contributed by atoms with van der Waals surface area (Å²) in [7, 11) is 0. The van der Waals surface area contributed by atoms with Crippen LogP contribution in [0.2, 0.25) is 0 Å². The molecule has 0 atom stereocenters. The first kappa shape index (κ1) is 11.1. The molecule has 3 nitrogen and oxygen atoms in total. The van der Waals surface area contributed by atoms with E-state index in [1.807, 2.05) is 0 Å². The summed E-state index contributed by atoms with van der Waals surface area (Å²) >= 11 is 0. The van der Waals surface area contributed by atoms with Crippen LogP contribution < -0.4 is 10.6 Å². The zero-order chi connectivity index (χ0) is 11.1. The molecule has 0 spiro atoms. The number of rotatable bonds is 3. The molecule has 0 heterocycles. The molecule has 1 aromatic rings. The topological polar surface area (TPSA) is 41.1 Å². The van der Waals surface area contributed by atoms with Gasteiger partial charge in [0.25, 0.3) is 0 Å². The van der Waals surface area contributed by atoms with E-state index in [-0.39, 0.29) is 11.8 Å². The number of terminal acetylenes is 1. The third-order valence-corrected chi connectivity index (χ3v) is 1.66. The lowest BCUT2D eigenvalue weighted by molar-refractivity contribution is 0.252. The average Bonchev–Trinajstić information content (AvgIpc) is 2.22. The molecular weight excluding hydrogens is 195 g/mol. The molecular formula is C11H11FN2O. The zero-order valence-corrected chi connectivity index (χ0v) is 8.09. The first-order chi connectivity index (χ1) is 7.22. The Morgan fingerprint density at radius 3 is 2.67 bits per heavy atom. The van der Waals surface area contributed by atoms with Gasteiger partial charge in [0.05, 0.1) is 0 Å². The summed E-state index contributed by atoms with van der Waals surface area (Å²) in [6.07, 6.45) is 5.50. The monoisotopic (exact) mass is 206 g/mol. The van der Waals surface area contributed by atoms with E-state index >= 15 is 0 Å². The van der Waals surface area contributed by atoms with Crippen molar-refractivity contribution in [3.8, 4) is 12.3 Å². The Balaban J connectivity index is 2.38. The average molecular weight is 206 g/mol. The van der Waals surface area contributed by atoms with Crippen molar-refractivity contribution in [2.24, 2.45) is 0 Å². The van der Waals surface area contributed by atoms with E-state index in [1.165, 1.54) is 24.3 Å². The van der Waals surface area contributed by atoms with Crippen molar-refractivity contribution < 1.29 is 9.18 Å². The number of urea groups is 1. The molecule has 4 heteroatoms. The third-order valence-electron chi connectivity index (χ3n) is 1.66. The fourth-order valence-electron chi connectivity index (χ4n) is 0.957. The number of anilines is 1. The predicted molar refractivity (Wildman–Crippen MR) is 56.9 cm³/mol. The van der Waals surface area contributed by atoms with Gasteiger partial charge in [-0.1, -0.05) is 0 Å². The summed E-state index contributed by atoms with van der Waals surface area (Å²) in [4.78, 5) is 11.2. The molecule has 2 amide bonds. The van der Waals surface area contributed by atoms with Crippen LogP contribution in [0.1, 0.15) is 6.42 Å². The lowest BCUT2D eigenvalue weighted by Gasteiger charge is -2.05. The maximum Gasteiger partial charge on any atom is 0.319 e. The molecule has 1 rings (SSSR count). The summed E-state index contributed by atoms with van der Waals surface area (Å²) in [6.45, 7) is 0.420. The highest BCUT2D eigenvalue weighted by Crippen LogP contribution is 2.07. The minimum absolute atomic E-state index is 0.340. The number of amides is 2. The Labute approximate surface area is 87.7 Å². The van der Waals surface area contributed by atoms with Crippen LogP contribution in [0.25, 0.3) is 0 Å². The molecule has 0 bridgehead atoms. The van der Waals surface area contributed by atoms with Gasteiger partial charge in [-0.2, -0.15) is 0 Å². The van der Waals surface area contributed by atoms with Crippen LogP contribution in [0.3, 0.4) is 0 Å². The molecule has 2 N–H and O–H groups in total. The fourth-order valence-corrected chi connectivity index (χ4v) is 0.957. The molecule has 0 aliphatic heterocycles. The van der Waals surface area contributed by atoms with Crippen LogP contribution in [0.15, 0.2) is 24.3 Å². The molecule has 0 aliphatic rings. The summed E-state index contributed by atoms with van der Waals surface area (Å²) in [5.74, 6) is 2.06.